The van der Waals surface area contributed by atoms with Crippen molar-refractivity contribution in [2.45, 2.75) is 13.0 Å². The van der Waals surface area contributed by atoms with Crippen LogP contribution in [0.5, 0.6) is 0 Å². The Kier molecular flexibility index (Phi) is 4.59. The van der Waals surface area contributed by atoms with Gasteiger partial charge in [0, 0.05) is 15.7 Å². The van der Waals surface area contributed by atoms with Gasteiger partial charge in [0.1, 0.15) is 6.04 Å². The minimum absolute atomic E-state index is 0.0814. The van der Waals surface area contributed by atoms with Crippen molar-refractivity contribution >= 4 is 40.2 Å². The van der Waals surface area contributed by atoms with Gasteiger partial charge in [-0.1, -0.05) is 0 Å². The molecule has 0 aliphatic rings. The number of hydrogen-bond acceptors (Lipinski definition) is 4. The fourth-order valence-electron chi connectivity index (χ4n) is 1.14. The Hall–Kier alpha value is -1.71. The standard InChI is InChI=1S/C10H9IN2O5/c1-5(10(15)16)12-9(14)7-4-6(13(17)18)2-3-8(7)11/h2-5H,1H3,(H,12,14)(H,15,16). The number of nitro groups is 1. The number of carbonyl (C=O) groups excluding carboxylic acids is 1. The number of halogens is 1. The molecular weight excluding hydrogens is 355 g/mol. The van der Waals surface area contributed by atoms with Crippen LogP contribution in [-0.2, 0) is 4.79 Å². The molecule has 1 aromatic carbocycles. The zero-order chi connectivity index (χ0) is 13.9. The number of nitro benzene ring substituents is 1. The van der Waals surface area contributed by atoms with Crippen molar-refractivity contribution < 1.29 is 19.6 Å². The zero-order valence-corrected chi connectivity index (χ0v) is 11.4. The number of rotatable bonds is 4. The molecule has 0 saturated carbocycles. The van der Waals surface area contributed by atoms with Gasteiger partial charge in [-0.3, -0.25) is 19.7 Å². The molecule has 8 heteroatoms. The summed E-state index contributed by atoms with van der Waals surface area (Å²) in [5.41, 5.74) is -0.138. The summed E-state index contributed by atoms with van der Waals surface area (Å²) in [6, 6.07) is 2.76. The lowest BCUT2D eigenvalue weighted by atomic mass is 10.2. The van der Waals surface area contributed by atoms with Crippen molar-refractivity contribution in [3.05, 3.63) is 37.4 Å². The average Bonchev–Trinajstić information content (AvgIpc) is 2.28. The number of amides is 1. The molecule has 1 amide bonds. The number of carboxylic acid groups (broad SMARTS) is 1. The molecule has 0 aliphatic heterocycles. The summed E-state index contributed by atoms with van der Waals surface area (Å²) in [7, 11) is 0. The van der Waals surface area contributed by atoms with E-state index in [4.69, 9.17) is 5.11 Å². The number of benzene rings is 1. The van der Waals surface area contributed by atoms with Crippen LogP contribution in [0, 0.1) is 13.7 Å². The summed E-state index contributed by atoms with van der Waals surface area (Å²) in [5, 5.41) is 21.5. The summed E-state index contributed by atoms with van der Waals surface area (Å²) in [5.74, 6) is -1.83. The Morgan fingerprint density at radius 2 is 2.11 bits per heavy atom. The summed E-state index contributed by atoms with van der Waals surface area (Å²) in [6.07, 6.45) is 0. The largest absolute Gasteiger partial charge is 0.480 e. The van der Waals surface area contributed by atoms with Gasteiger partial charge in [0.05, 0.1) is 10.5 Å². The molecule has 7 nitrogen and oxygen atoms in total. The Balaban J connectivity index is 3.01. The lowest BCUT2D eigenvalue weighted by molar-refractivity contribution is -0.384. The van der Waals surface area contributed by atoms with Crippen LogP contribution in [0.25, 0.3) is 0 Å². The van der Waals surface area contributed by atoms with Crippen LogP contribution in [0.15, 0.2) is 18.2 Å². The fraction of sp³-hybridized carbons (Fsp3) is 0.200. The van der Waals surface area contributed by atoms with Crippen LogP contribution in [0.3, 0.4) is 0 Å². The van der Waals surface area contributed by atoms with Crippen molar-refractivity contribution in [2.75, 3.05) is 0 Å². The van der Waals surface area contributed by atoms with E-state index < -0.39 is 22.8 Å². The summed E-state index contributed by atoms with van der Waals surface area (Å²) >= 11 is 1.85. The first kappa shape index (κ1) is 14.4. The van der Waals surface area contributed by atoms with Crippen LogP contribution < -0.4 is 5.32 Å². The van der Waals surface area contributed by atoms with E-state index >= 15 is 0 Å². The predicted octanol–water partition coefficient (Wildman–Crippen LogP) is 1.40. The highest BCUT2D eigenvalue weighted by atomic mass is 127. The molecule has 0 radical (unpaired) electrons. The molecule has 0 aliphatic carbocycles. The fourth-order valence-corrected chi connectivity index (χ4v) is 1.72. The van der Waals surface area contributed by atoms with Crippen LogP contribution in [-0.4, -0.2) is 27.9 Å². The van der Waals surface area contributed by atoms with E-state index in [-0.39, 0.29) is 11.3 Å². The highest BCUT2D eigenvalue weighted by Gasteiger charge is 2.19. The van der Waals surface area contributed by atoms with Gasteiger partial charge in [0.25, 0.3) is 11.6 Å². The summed E-state index contributed by atoms with van der Waals surface area (Å²) < 4.78 is 0.508. The van der Waals surface area contributed by atoms with Crippen molar-refractivity contribution in [3.63, 3.8) is 0 Å². The number of non-ortho nitro benzene ring substituents is 1. The third-order valence-electron chi connectivity index (χ3n) is 2.12. The van der Waals surface area contributed by atoms with E-state index in [2.05, 4.69) is 5.32 Å². The molecule has 1 aromatic rings. The molecule has 0 spiro atoms. The van der Waals surface area contributed by atoms with Crippen LogP contribution in [0.4, 0.5) is 5.69 Å². The third kappa shape index (κ3) is 3.39. The summed E-state index contributed by atoms with van der Waals surface area (Å²) in [6.45, 7) is 1.31. The monoisotopic (exact) mass is 364 g/mol. The topological polar surface area (TPSA) is 110 Å². The van der Waals surface area contributed by atoms with Crippen molar-refractivity contribution in [1.82, 2.24) is 5.32 Å². The van der Waals surface area contributed by atoms with Gasteiger partial charge in [-0.25, -0.2) is 0 Å². The maximum atomic E-state index is 11.8. The Bertz CT molecular complexity index is 517. The highest BCUT2D eigenvalue weighted by Crippen LogP contribution is 2.19. The van der Waals surface area contributed by atoms with Gasteiger partial charge in [0.15, 0.2) is 0 Å². The highest BCUT2D eigenvalue weighted by molar-refractivity contribution is 14.1. The number of nitrogens with one attached hydrogen (secondary N) is 1. The lowest BCUT2D eigenvalue weighted by Crippen LogP contribution is -2.38. The molecule has 1 rings (SSSR count). The van der Waals surface area contributed by atoms with Gasteiger partial charge < -0.3 is 10.4 Å². The number of hydrogen-bond donors (Lipinski definition) is 2. The second-order valence-electron chi connectivity index (χ2n) is 3.45. The van der Waals surface area contributed by atoms with Crippen molar-refractivity contribution in [2.24, 2.45) is 0 Å². The molecular formula is C10H9IN2O5. The number of aliphatic carboxylic acids is 1. The summed E-state index contributed by atoms with van der Waals surface area (Å²) in [4.78, 5) is 32.3. The Morgan fingerprint density at radius 1 is 1.50 bits per heavy atom. The van der Waals surface area contributed by atoms with Crippen molar-refractivity contribution in [3.8, 4) is 0 Å². The van der Waals surface area contributed by atoms with Crippen LogP contribution >= 0.6 is 22.6 Å². The van der Waals surface area contributed by atoms with Gasteiger partial charge in [-0.15, -0.1) is 0 Å². The Labute approximate surface area is 115 Å². The molecule has 2 N–H and O–H groups in total. The van der Waals surface area contributed by atoms with E-state index in [0.29, 0.717) is 3.57 Å². The lowest BCUT2D eigenvalue weighted by Gasteiger charge is -2.10. The predicted molar refractivity (Wildman–Crippen MR) is 70.4 cm³/mol. The second kappa shape index (κ2) is 5.76. The molecule has 0 fully saturated rings. The maximum absolute atomic E-state index is 11.8. The number of nitrogens with zero attached hydrogens (tertiary/aromatic N) is 1. The van der Waals surface area contributed by atoms with E-state index in [9.17, 15) is 19.7 Å². The van der Waals surface area contributed by atoms with Gasteiger partial charge in [-0.2, -0.15) is 0 Å². The second-order valence-corrected chi connectivity index (χ2v) is 4.62. The molecule has 1 atom stereocenters. The Morgan fingerprint density at radius 3 is 2.61 bits per heavy atom. The molecule has 0 heterocycles. The van der Waals surface area contributed by atoms with Crippen LogP contribution in [0.1, 0.15) is 17.3 Å². The third-order valence-corrected chi connectivity index (χ3v) is 3.06. The van der Waals surface area contributed by atoms with E-state index in [1.165, 1.54) is 19.1 Å². The molecule has 1 unspecified atom stereocenters. The van der Waals surface area contributed by atoms with Crippen LogP contribution in [0.2, 0.25) is 0 Å². The number of carbonyl (C=O) groups is 2. The normalized spacial score (nSPS) is 11.7. The molecule has 18 heavy (non-hydrogen) atoms. The SMILES string of the molecule is CC(NC(=O)c1cc([N+](=O)[O-])ccc1I)C(=O)O. The first-order valence-corrected chi connectivity index (χ1v) is 5.88. The van der Waals surface area contributed by atoms with Gasteiger partial charge >= 0.3 is 5.97 Å². The smallest absolute Gasteiger partial charge is 0.325 e. The quantitative estimate of drug-likeness (QED) is 0.477. The maximum Gasteiger partial charge on any atom is 0.325 e. The van der Waals surface area contributed by atoms with Gasteiger partial charge in [0.2, 0.25) is 0 Å². The van der Waals surface area contributed by atoms with E-state index in [1.807, 2.05) is 22.6 Å². The first-order chi connectivity index (χ1) is 8.32. The number of carboxylic acids is 1. The zero-order valence-electron chi connectivity index (χ0n) is 9.21. The minimum Gasteiger partial charge on any atom is -0.480 e. The molecule has 96 valence electrons. The van der Waals surface area contributed by atoms with Gasteiger partial charge in [-0.05, 0) is 35.6 Å². The average molecular weight is 364 g/mol. The molecule has 0 bridgehead atoms. The first-order valence-electron chi connectivity index (χ1n) is 4.80. The molecule has 0 aromatic heterocycles. The van der Waals surface area contributed by atoms with Crippen molar-refractivity contribution in [1.29, 1.82) is 0 Å². The minimum atomic E-state index is -1.18. The molecule has 0 saturated heterocycles. The van der Waals surface area contributed by atoms with E-state index in [1.54, 1.807) is 0 Å². The van der Waals surface area contributed by atoms with E-state index in [0.717, 1.165) is 6.07 Å².